The lowest BCUT2D eigenvalue weighted by Crippen LogP contribution is -2.01. The van der Waals surface area contributed by atoms with Crippen LogP contribution in [0.4, 0.5) is 0 Å². The highest BCUT2D eigenvalue weighted by Gasteiger charge is 2.07. The second kappa shape index (κ2) is 3.97. The van der Waals surface area contributed by atoms with Gasteiger partial charge in [-0.3, -0.25) is 0 Å². The second-order valence-electron chi connectivity index (χ2n) is 3.06. The molecule has 2 heteroatoms. The van der Waals surface area contributed by atoms with Gasteiger partial charge in [-0.2, -0.15) is 12.6 Å². The van der Waals surface area contributed by atoms with Crippen molar-refractivity contribution >= 4 is 12.6 Å². The van der Waals surface area contributed by atoms with Crippen molar-refractivity contribution in [3.63, 3.8) is 0 Å². The maximum absolute atomic E-state index is 9.52. The Morgan fingerprint density at radius 2 is 2.08 bits per heavy atom. The minimum atomic E-state index is -0.436. The van der Waals surface area contributed by atoms with Crippen LogP contribution < -0.4 is 0 Å². The zero-order valence-electron chi connectivity index (χ0n) is 7.41. The molecule has 0 aliphatic carbocycles. The molecule has 0 radical (unpaired) electrons. The Morgan fingerprint density at radius 1 is 1.42 bits per heavy atom. The molecule has 0 fully saturated rings. The molecule has 1 atom stereocenters. The van der Waals surface area contributed by atoms with Crippen molar-refractivity contribution in [1.82, 2.24) is 0 Å². The Kier molecular flexibility index (Phi) is 3.18. The number of hydrogen-bond acceptors (Lipinski definition) is 2. The lowest BCUT2D eigenvalue weighted by Gasteiger charge is -2.11. The third-order valence-corrected chi connectivity index (χ3v) is 2.30. The Bertz CT molecular complexity index is 271. The quantitative estimate of drug-likeness (QED) is 0.672. The molecule has 0 saturated carbocycles. The van der Waals surface area contributed by atoms with Crippen LogP contribution in [-0.4, -0.2) is 10.9 Å². The van der Waals surface area contributed by atoms with Crippen LogP contribution in [0.1, 0.15) is 22.8 Å². The zero-order chi connectivity index (χ0) is 9.14. The van der Waals surface area contributed by atoms with Crippen LogP contribution >= 0.6 is 12.6 Å². The molecule has 1 unspecified atom stereocenters. The molecule has 0 aliphatic rings. The summed E-state index contributed by atoms with van der Waals surface area (Å²) in [5.41, 5.74) is 3.34. The van der Waals surface area contributed by atoms with Crippen molar-refractivity contribution in [1.29, 1.82) is 0 Å². The summed E-state index contributed by atoms with van der Waals surface area (Å²) < 4.78 is 0. The largest absolute Gasteiger partial charge is 0.388 e. The molecule has 12 heavy (non-hydrogen) atoms. The average molecular weight is 182 g/mol. The SMILES string of the molecule is Cc1ccc(C(O)CS)c(C)c1. The molecule has 1 rings (SSSR count). The van der Waals surface area contributed by atoms with Gasteiger partial charge in [0.2, 0.25) is 0 Å². The van der Waals surface area contributed by atoms with Gasteiger partial charge in [0.15, 0.2) is 0 Å². The molecule has 1 aromatic carbocycles. The van der Waals surface area contributed by atoms with Crippen molar-refractivity contribution in [2.24, 2.45) is 0 Å². The van der Waals surface area contributed by atoms with E-state index in [1.54, 1.807) is 0 Å². The van der Waals surface area contributed by atoms with E-state index in [0.29, 0.717) is 5.75 Å². The highest BCUT2D eigenvalue weighted by Crippen LogP contribution is 2.19. The summed E-state index contributed by atoms with van der Waals surface area (Å²) in [5.74, 6) is 0.476. The number of aryl methyl sites for hydroxylation is 2. The van der Waals surface area contributed by atoms with Crippen molar-refractivity contribution in [3.05, 3.63) is 34.9 Å². The standard InChI is InChI=1S/C10H14OS/c1-7-3-4-9(8(2)5-7)10(11)6-12/h3-5,10-12H,6H2,1-2H3. The second-order valence-corrected chi connectivity index (χ2v) is 3.42. The van der Waals surface area contributed by atoms with Crippen LogP contribution in [0.5, 0.6) is 0 Å². The van der Waals surface area contributed by atoms with Gasteiger partial charge in [-0.15, -0.1) is 0 Å². The van der Waals surface area contributed by atoms with Gasteiger partial charge in [0.25, 0.3) is 0 Å². The predicted molar refractivity (Wildman–Crippen MR) is 54.7 cm³/mol. The van der Waals surface area contributed by atoms with Crippen LogP contribution in [-0.2, 0) is 0 Å². The van der Waals surface area contributed by atoms with E-state index >= 15 is 0 Å². The van der Waals surface area contributed by atoms with E-state index in [2.05, 4.69) is 18.7 Å². The summed E-state index contributed by atoms with van der Waals surface area (Å²) in [6, 6.07) is 6.04. The smallest absolute Gasteiger partial charge is 0.0880 e. The van der Waals surface area contributed by atoms with E-state index in [9.17, 15) is 5.11 Å². The normalized spacial score (nSPS) is 13.0. The Morgan fingerprint density at radius 3 is 2.58 bits per heavy atom. The lowest BCUT2D eigenvalue weighted by atomic mass is 10.0. The van der Waals surface area contributed by atoms with Crippen molar-refractivity contribution in [3.8, 4) is 0 Å². The maximum atomic E-state index is 9.52. The van der Waals surface area contributed by atoms with E-state index in [-0.39, 0.29) is 0 Å². The molecular weight excluding hydrogens is 168 g/mol. The van der Waals surface area contributed by atoms with E-state index in [0.717, 1.165) is 11.1 Å². The number of hydrogen-bond donors (Lipinski definition) is 2. The molecule has 0 heterocycles. The van der Waals surface area contributed by atoms with E-state index in [1.165, 1.54) is 5.56 Å². The summed E-state index contributed by atoms with van der Waals surface area (Å²) in [6.45, 7) is 4.05. The monoisotopic (exact) mass is 182 g/mol. The van der Waals surface area contributed by atoms with Gasteiger partial charge in [0.1, 0.15) is 0 Å². The molecule has 1 nitrogen and oxygen atoms in total. The molecule has 0 saturated heterocycles. The minimum Gasteiger partial charge on any atom is -0.388 e. The average Bonchev–Trinajstić information content (AvgIpc) is 2.03. The molecule has 1 N–H and O–H groups in total. The highest BCUT2D eigenvalue weighted by atomic mass is 32.1. The first-order chi connectivity index (χ1) is 5.65. The van der Waals surface area contributed by atoms with Gasteiger partial charge in [-0.1, -0.05) is 23.8 Å². The fourth-order valence-corrected chi connectivity index (χ4v) is 1.49. The molecule has 0 aromatic heterocycles. The number of benzene rings is 1. The molecule has 0 spiro atoms. The summed E-state index contributed by atoms with van der Waals surface area (Å²) in [5, 5.41) is 9.52. The summed E-state index contributed by atoms with van der Waals surface area (Å²) >= 11 is 4.05. The third kappa shape index (κ3) is 2.02. The van der Waals surface area contributed by atoms with Crippen LogP contribution in [0.25, 0.3) is 0 Å². The highest BCUT2D eigenvalue weighted by molar-refractivity contribution is 7.80. The molecule has 0 bridgehead atoms. The topological polar surface area (TPSA) is 20.2 Å². The predicted octanol–water partition coefficient (Wildman–Crippen LogP) is 2.27. The maximum Gasteiger partial charge on any atom is 0.0880 e. The Balaban J connectivity index is 3.01. The van der Waals surface area contributed by atoms with Crippen molar-refractivity contribution in [2.45, 2.75) is 20.0 Å². The van der Waals surface area contributed by atoms with Crippen molar-refractivity contribution in [2.75, 3.05) is 5.75 Å². The first-order valence-corrected chi connectivity index (χ1v) is 4.64. The van der Waals surface area contributed by atoms with Crippen LogP contribution in [0, 0.1) is 13.8 Å². The van der Waals surface area contributed by atoms with Gasteiger partial charge >= 0.3 is 0 Å². The van der Waals surface area contributed by atoms with E-state index in [1.807, 2.05) is 26.0 Å². The fourth-order valence-electron chi connectivity index (χ4n) is 1.30. The molecular formula is C10H14OS. The number of aliphatic hydroxyl groups is 1. The summed E-state index contributed by atoms with van der Waals surface area (Å²) in [6.07, 6.45) is -0.436. The van der Waals surface area contributed by atoms with E-state index < -0.39 is 6.10 Å². The number of thiol groups is 1. The van der Waals surface area contributed by atoms with Gasteiger partial charge < -0.3 is 5.11 Å². The summed E-state index contributed by atoms with van der Waals surface area (Å²) in [7, 11) is 0. The fraction of sp³-hybridized carbons (Fsp3) is 0.400. The lowest BCUT2D eigenvalue weighted by molar-refractivity contribution is 0.204. The van der Waals surface area contributed by atoms with Crippen molar-refractivity contribution < 1.29 is 5.11 Å². The van der Waals surface area contributed by atoms with Crippen LogP contribution in [0.2, 0.25) is 0 Å². The minimum absolute atomic E-state index is 0.436. The zero-order valence-corrected chi connectivity index (χ0v) is 8.31. The van der Waals surface area contributed by atoms with Crippen LogP contribution in [0.15, 0.2) is 18.2 Å². The molecule has 0 amide bonds. The molecule has 0 aliphatic heterocycles. The number of aliphatic hydroxyl groups excluding tert-OH is 1. The van der Waals surface area contributed by atoms with Crippen LogP contribution in [0.3, 0.4) is 0 Å². The third-order valence-electron chi connectivity index (χ3n) is 1.96. The first kappa shape index (κ1) is 9.62. The summed E-state index contributed by atoms with van der Waals surface area (Å²) in [4.78, 5) is 0. The number of rotatable bonds is 2. The van der Waals surface area contributed by atoms with E-state index in [4.69, 9.17) is 0 Å². The first-order valence-electron chi connectivity index (χ1n) is 4.01. The molecule has 1 aromatic rings. The van der Waals surface area contributed by atoms with Gasteiger partial charge in [-0.05, 0) is 25.0 Å². The Labute approximate surface area is 78.8 Å². The Hall–Kier alpha value is -0.470. The molecule has 66 valence electrons. The van der Waals surface area contributed by atoms with Gasteiger partial charge in [0, 0.05) is 5.75 Å². The van der Waals surface area contributed by atoms with Gasteiger partial charge in [-0.25, -0.2) is 0 Å². The van der Waals surface area contributed by atoms with Gasteiger partial charge in [0.05, 0.1) is 6.10 Å².